The molecular weight excluding hydrogens is 294 g/mol. The zero-order valence-electron chi connectivity index (χ0n) is 10.6. The molecule has 0 aliphatic rings. The van der Waals surface area contributed by atoms with E-state index in [0.717, 1.165) is 11.3 Å². The van der Waals surface area contributed by atoms with Crippen LogP contribution in [-0.2, 0) is 6.54 Å². The number of nitrogens with zero attached hydrogens (tertiary/aromatic N) is 2. The average Bonchev–Trinajstić information content (AvgIpc) is 2.78. The Morgan fingerprint density at radius 3 is 2.85 bits per heavy atom. The van der Waals surface area contributed by atoms with Crippen LogP contribution in [0.5, 0.6) is 5.75 Å². The summed E-state index contributed by atoms with van der Waals surface area (Å²) in [6, 6.07) is 7.73. The minimum atomic E-state index is -0.153. The largest absolute Gasteiger partial charge is 0.497 e. The van der Waals surface area contributed by atoms with Gasteiger partial charge in [-0.25, -0.2) is 4.98 Å². The summed E-state index contributed by atoms with van der Waals surface area (Å²) in [6.45, 7) is 0.583. The SMILES string of the molecule is COc1ccc(Cn2c(=S)sc3c(=O)[nH]cnc32)cc1. The molecule has 1 N–H and O–H groups in total. The third-order valence-electron chi connectivity index (χ3n) is 2.96. The van der Waals surface area contributed by atoms with E-state index in [1.807, 2.05) is 28.8 Å². The van der Waals surface area contributed by atoms with E-state index in [1.165, 1.54) is 17.7 Å². The van der Waals surface area contributed by atoms with Crippen LogP contribution in [0.2, 0.25) is 0 Å². The number of thiazole rings is 1. The van der Waals surface area contributed by atoms with Gasteiger partial charge in [-0.3, -0.25) is 4.79 Å². The summed E-state index contributed by atoms with van der Waals surface area (Å²) in [5.41, 5.74) is 1.54. The summed E-state index contributed by atoms with van der Waals surface area (Å²) in [5.74, 6) is 0.807. The summed E-state index contributed by atoms with van der Waals surface area (Å²) in [5, 5.41) is 0. The Labute approximate surface area is 123 Å². The summed E-state index contributed by atoms with van der Waals surface area (Å²) >= 11 is 6.60. The second kappa shape index (κ2) is 5.18. The van der Waals surface area contributed by atoms with Crippen molar-refractivity contribution in [3.8, 4) is 5.75 Å². The van der Waals surface area contributed by atoms with Gasteiger partial charge in [-0.1, -0.05) is 23.5 Å². The van der Waals surface area contributed by atoms with E-state index in [1.54, 1.807) is 7.11 Å². The number of benzene rings is 1. The lowest BCUT2D eigenvalue weighted by molar-refractivity contribution is 0.414. The predicted molar refractivity (Wildman–Crippen MR) is 81.2 cm³/mol. The summed E-state index contributed by atoms with van der Waals surface area (Å²) in [7, 11) is 1.63. The Hall–Kier alpha value is -1.99. The van der Waals surface area contributed by atoms with Gasteiger partial charge >= 0.3 is 0 Å². The van der Waals surface area contributed by atoms with Crippen molar-refractivity contribution in [1.82, 2.24) is 14.5 Å². The van der Waals surface area contributed by atoms with Gasteiger partial charge in [-0.05, 0) is 29.9 Å². The molecule has 0 spiro atoms. The molecular formula is C13H11N3O2S2. The smallest absolute Gasteiger partial charge is 0.270 e. The van der Waals surface area contributed by atoms with Crippen LogP contribution in [0.15, 0.2) is 35.4 Å². The maximum atomic E-state index is 11.7. The highest BCUT2D eigenvalue weighted by Gasteiger charge is 2.09. The predicted octanol–water partition coefficient (Wildman–Crippen LogP) is 2.57. The third-order valence-corrected chi connectivity index (χ3v) is 4.39. The van der Waals surface area contributed by atoms with Gasteiger partial charge in [0.15, 0.2) is 9.60 Å². The van der Waals surface area contributed by atoms with Gasteiger partial charge in [0.05, 0.1) is 20.0 Å². The first-order chi connectivity index (χ1) is 9.69. The van der Waals surface area contributed by atoms with Crippen molar-refractivity contribution >= 4 is 33.9 Å². The first kappa shape index (κ1) is 13.0. The van der Waals surface area contributed by atoms with E-state index in [4.69, 9.17) is 17.0 Å². The molecule has 0 aliphatic heterocycles. The Balaban J connectivity index is 2.06. The Kier molecular flexibility index (Phi) is 3.37. The number of fused-ring (bicyclic) bond motifs is 1. The van der Waals surface area contributed by atoms with Gasteiger partial charge in [-0.15, -0.1) is 0 Å². The molecule has 0 saturated carbocycles. The Morgan fingerprint density at radius 2 is 2.15 bits per heavy atom. The molecule has 0 atom stereocenters. The molecule has 0 radical (unpaired) electrons. The molecule has 0 fully saturated rings. The van der Waals surface area contributed by atoms with Gasteiger partial charge < -0.3 is 14.3 Å². The number of methoxy groups -OCH3 is 1. The number of hydrogen-bond donors (Lipinski definition) is 1. The maximum absolute atomic E-state index is 11.7. The topological polar surface area (TPSA) is 59.9 Å². The molecule has 7 heteroatoms. The second-order valence-corrected chi connectivity index (χ2v) is 5.83. The number of H-pyrrole nitrogens is 1. The molecule has 1 aromatic carbocycles. The normalized spacial score (nSPS) is 10.8. The molecule has 20 heavy (non-hydrogen) atoms. The van der Waals surface area contributed by atoms with E-state index >= 15 is 0 Å². The fourth-order valence-electron chi connectivity index (χ4n) is 1.94. The van der Waals surface area contributed by atoms with E-state index in [2.05, 4.69) is 9.97 Å². The van der Waals surface area contributed by atoms with Gasteiger partial charge in [0.2, 0.25) is 0 Å². The molecule has 102 valence electrons. The number of ether oxygens (including phenoxy) is 1. The molecule has 0 amide bonds. The van der Waals surface area contributed by atoms with Crippen LogP contribution in [0.1, 0.15) is 5.56 Å². The molecule has 5 nitrogen and oxygen atoms in total. The molecule has 0 aliphatic carbocycles. The summed E-state index contributed by atoms with van der Waals surface area (Å²) < 4.78 is 8.20. The summed E-state index contributed by atoms with van der Waals surface area (Å²) in [4.78, 5) is 18.5. The fraction of sp³-hybridized carbons (Fsp3) is 0.154. The number of aromatic nitrogens is 3. The van der Waals surface area contributed by atoms with Crippen LogP contribution in [0.3, 0.4) is 0 Å². The highest BCUT2D eigenvalue weighted by Crippen LogP contribution is 2.20. The minimum Gasteiger partial charge on any atom is -0.497 e. The molecule has 2 heterocycles. The van der Waals surface area contributed by atoms with Crippen LogP contribution >= 0.6 is 23.6 Å². The number of nitrogens with one attached hydrogen (secondary N) is 1. The number of hydrogen-bond acceptors (Lipinski definition) is 5. The number of rotatable bonds is 3. The van der Waals surface area contributed by atoms with Crippen LogP contribution < -0.4 is 10.3 Å². The van der Waals surface area contributed by atoms with E-state index in [0.29, 0.717) is 20.8 Å². The first-order valence-corrected chi connectivity index (χ1v) is 7.11. The van der Waals surface area contributed by atoms with Gasteiger partial charge in [0.25, 0.3) is 5.56 Å². The molecule has 2 aromatic heterocycles. The van der Waals surface area contributed by atoms with Crippen LogP contribution in [0, 0.1) is 3.95 Å². The van der Waals surface area contributed by atoms with E-state index in [9.17, 15) is 4.79 Å². The van der Waals surface area contributed by atoms with Gasteiger partial charge in [0.1, 0.15) is 10.4 Å². The number of aromatic amines is 1. The van der Waals surface area contributed by atoms with Crippen molar-refractivity contribution in [2.45, 2.75) is 6.54 Å². The van der Waals surface area contributed by atoms with E-state index < -0.39 is 0 Å². The van der Waals surface area contributed by atoms with Gasteiger partial charge in [-0.2, -0.15) is 0 Å². The average molecular weight is 305 g/mol. The second-order valence-electron chi connectivity index (χ2n) is 4.19. The summed E-state index contributed by atoms with van der Waals surface area (Å²) in [6.07, 6.45) is 1.40. The third kappa shape index (κ3) is 2.25. The van der Waals surface area contributed by atoms with Crippen molar-refractivity contribution in [1.29, 1.82) is 0 Å². The zero-order valence-corrected chi connectivity index (χ0v) is 12.3. The highest BCUT2D eigenvalue weighted by atomic mass is 32.1. The quantitative estimate of drug-likeness (QED) is 0.756. The Morgan fingerprint density at radius 1 is 1.40 bits per heavy atom. The molecule has 3 rings (SSSR count). The standard InChI is InChI=1S/C13H11N3O2S2/c1-18-9-4-2-8(3-5-9)6-16-11-10(20-13(16)19)12(17)15-7-14-11/h2-5,7H,6H2,1H3,(H,14,15,17). The fourth-order valence-corrected chi connectivity index (χ4v) is 3.19. The lowest BCUT2D eigenvalue weighted by atomic mass is 10.2. The van der Waals surface area contributed by atoms with Crippen LogP contribution in [0.4, 0.5) is 0 Å². The highest BCUT2D eigenvalue weighted by molar-refractivity contribution is 7.73. The lowest BCUT2D eigenvalue weighted by Crippen LogP contribution is -2.07. The molecule has 0 bridgehead atoms. The Bertz CT molecular complexity index is 862. The zero-order chi connectivity index (χ0) is 14.1. The van der Waals surface area contributed by atoms with Crippen LogP contribution in [-0.4, -0.2) is 21.6 Å². The molecule has 3 aromatic rings. The van der Waals surface area contributed by atoms with Crippen molar-refractivity contribution < 1.29 is 4.74 Å². The van der Waals surface area contributed by atoms with Gasteiger partial charge in [0, 0.05) is 0 Å². The monoisotopic (exact) mass is 305 g/mol. The van der Waals surface area contributed by atoms with Crippen molar-refractivity contribution in [2.75, 3.05) is 7.11 Å². The lowest BCUT2D eigenvalue weighted by Gasteiger charge is -2.05. The minimum absolute atomic E-state index is 0.153. The van der Waals surface area contributed by atoms with Crippen molar-refractivity contribution in [3.63, 3.8) is 0 Å². The van der Waals surface area contributed by atoms with Crippen molar-refractivity contribution in [3.05, 3.63) is 50.5 Å². The maximum Gasteiger partial charge on any atom is 0.270 e. The van der Waals surface area contributed by atoms with Crippen LogP contribution in [0.25, 0.3) is 10.3 Å². The molecule has 0 saturated heterocycles. The van der Waals surface area contributed by atoms with E-state index in [-0.39, 0.29) is 5.56 Å². The van der Waals surface area contributed by atoms with Crippen molar-refractivity contribution in [2.24, 2.45) is 0 Å². The first-order valence-electron chi connectivity index (χ1n) is 5.89. The molecule has 0 unspecified atom stereocenters.